The van der Waals surface area contributed by atoms with E-state index in [1.807, 2.05) is 18.2 Å². The fourth-order valence-electron chi connectivity index (χ4n) is 4.27. The van der Waals surface area contributed by atoms with Gasteiger partial charge in [0.2, 0.25) is 5.95 Å². The first-order chi connectivity index (χ1) is 20.7. The van der Waals surface area contributed by atoms with Crippen LogP contribution in [-0.4, -0.2) is 30.1 Å². The van der Waals surface area contributed by atoms with Crippen molar-refractivity contribution in [3.8, 4) is 23.8 Å². The van der Waals surface area contributed by atoms with Crippen molar-refractivity contribution in [2.75, 3.05) is 30.2 Å². The summed E-state index contributed by atoms with van der Waals surface area (Å²) >= 11 is 0. The molecule has 0 aliphatic rings. The summed E-state index contributed by atoms with van der Waals surface area (Å²) < 4.78 is 50.2. The molecule has 0 aliphatic heterocycles. The number of hydrogen-bond acceptors (Lipinski definition) is 7. The summed E-state index contributed by atoms with van der Waals surface area (Å²) in [4.78, 5) is 22.0. The molecule has 1 heterocycles. The Labute approximate surface area is 244 Å². The van der Waals surface area contributed by atoms with E-state index in [2.05, 4.69) is 31.8 Å². The van der Waals surface area contributed by atoms with Gasteiger partial charge in [0.25, 0.3) is 5.91 Å². The van der Waals surface area contributed by atoms with Crippen molar-refractivity contribution < 1.29 is 27.4 Å². The van der Waals surface area contributed by atoms with Crippen LogP contribution in [0.4, 0.5) is 42.0 Å². The Balaban J connectivity index is 1.46. The number of rotatable bonds is 8. The van der Waals surface area contributed by atoms with Crippen LogP contribution in [0.15, 0.2) is 84.9 Å². The number of anilines is 5. The molecule has 0 bridgehead atoms. The van der Waals surface area contributed by atoms with Crippen LogP contribution in [-0.2, 0) is 6.18 Å². The Morgan fingerprint density at radius 1 is 0.814 bits per heavy atom. The molecule has 8 nitrogen and oxygen atoms in total. The summed E-state index contributed by atoms with van der Waals surface area (Å²) in [6, 6.07) is 21.6. The van der Waals surface area contributed by atoms with Gasteiger partial charge in [-0.15, -0.1) is 6.42 Å². The minimum absolute atomic E-state index is 0.125. The third-order valence-electron chi connectivity index (χ3n) is 6.32. The van der Waals surface area contributed by atoms with Crippen LogP contribution >= 0.6 is 0 Å². The van der Waals surface area contributed by atoms with Crippen LogP contribution in [0.5, 0.6) is 11.5 Å². The number of methoxy groups -OCH3 is 2. The molecule has 0 aliphatic carbocycles. The van der Waals surface area contributed by atoms with Gasteiger partial charge in [-0.05, 0) is 60.7 Å². The van der Waals surface area contributed by atoms with Crippen molar-refractivity contribution in [3.05, 3.63) is 102 Å². The lowest BCUT2D eigenvalue weighted by Crippen LogP contribution is -2.14. The number of nitrogens with one attached hydrogen (secondary N) is 3. The topological polar surface area (TPSA) is 97.4 Å². The van der Waals surface area contributed by atoms with Gasteiger partial charge in [0.05, 0.1) is 25.3 Å². The zero-order valence-electron chi connectivity index (χ0n) is 22.9. The molecule has 1 amide bonds. The normalized spacial score (nSPS) is 11.0. The van der Waals surface area contributed by atoms with Crippen LogP contribution in [0.2, 0.25) is 0 Å². The predicted molar refractivity (Wildman–Crippen MR) is 159 cm³/mol. The number of carbonyl (C=O) groups is 1. The summed E-state index contributed by atoms with van der Waals surface area (Å²) in [5, 5.41) is 9.69. The van der Waals surface area contributed by atoms with Crippen LogP contribution < -0.4 is 25.4 Å². The van der Waals surface area contributed by atoms with Crippen LogP contribution in [0.25, 0.3) is 10.9 Å². The average Bonchev–Trinajstić information content (AvgIpc) is 3.00. The third kappa shape index (κ3) is 6.60. The molecule has 0 saturated heterocycles. The number of carbonyl (C=O) groups excluding carboxylic acids is 1. The Hall–Kier alpha value is -5.76. The van der Waals surface area contributed by atoms with E-state index in [9.17, 15) is 18.0 Å². The minimum atomic E-state index is -4.56. The second-order valence-electron chi connectivity index (χ2n) is 9.21. The fourth-order valence-corrected chi connectivity index (χ4v) is 4.27. The summed E-state index contributed by atoms with van der Waals surface area (Å²) in [5.74, 6) is 3.55. The zero-order valence-corrected chi connectivity index (χ0v) is 22.9. The van der Waals surface area contributed by atoms with Crippen LogP contribution in [0.3, 0.4) is 0 Å². The summed E-state index contributed by atoms with van der Waals surface area (Å²) in [6.45, 7) is 0. The van der Waals surface area contributed by atoms with Crippen molar-refractivity contribution in [2.45, 2.75) is 6.18 Å². The van der Waals surface area contributed by atoms with Gasteiger partial charge in [0.15, 0.2) is 11.5 Å². The molecule has 5 rings (SSSR count). The summed E-state index contributed by atoms with van der Waals surface area (Å²) in [7, 11) is 3.05. The molecule has 11 heteroatoms. The van der Waals surface area contributed by atoms with E-state index >= 15 is 0 Å². The van der Waals surface area contributed by atoms with Gasteiger partial charge in [0.1, 0.15) is 5.82 Å². The van der Waals surface area contributed by atoms with Gasteiger partial charge in [-0.1, -0.05) is 24.1 Å². The first-order valence-electron chi connectivity index (χ1n) is 12.8. The van der Waals surface area contributed by atoms with E-state index < -0.39 is 17.6 Å². The fraction of sp³-hybridized carbons (Fsp3) is 0.0938. The second kappa shape index (κ2) is 12.0. The molecule has 4 aromatic carbocycles. The number of terminal acetylenes is 1. The molecule has 0 saturated carbocycles. The summed E-state index contributed by atoms with van der Waals surface area (Å²) in [6.07, 6.45) is 1.00. The van der Waals surface area contributed by atoms with E-state index in [1.54, 1.807) is 42.5 Å². The van der Waals surface area contributed by atoms with Gasteiger partial charge in [-0.2, -0.15) is 18.2 Å². The van der Waals surface area contributed by atoms with Gasteiger partial charge < -0.3 is 25.4 Å². The van der Waals surface area contributed by atoms with Gasteiger partial charge in [-0.25, -0.2) is 4.98 Å². The molecule has 43 heavy (non-hydrogen) atoms. The molecular formula is C32H24F3N5O3. The van der Waals surface area contributed by atoms with E-state index in [-0.39, 0.29) is 11.5 Å². The lowest BCUT2D eigenvalue weighted by atomic mass is 10.1. The number of nitrogens with zero attached hydrogens (tertiary/aromatic N) is 2. The van der Waals surface area contributed by atoms with Gasteiger partial charge >= 0.3 is 6.18 Å². The molecule has 0 unspecified atom stereocenters. The maximum atomic E-state index is 13.1. The average molecular weight is 584 g/mol. The smallest absolute Gasteiger partial charge is 0.416 e. The predicted octanol–water partition coefficient (Wildman–Crippen LogP) is 7.39. The number of fused-ring (bicyclic) bond motifs is 1. The standard InChI is InChI=1S/C32H24F3N5O3/c1-4-19-8-5-11-22(14-19)36-29-25-17-27(42-2)28(43-3)18-26(25)39-31(40-29)38-24-13-7-12-23(16-24)37-30(41)20-9-6-10-21(15-20)32(33,34)35/h1,5-18H,2-3H3,(H,37,41)(H2,36,38,39,40). The number of aromatic nitrogens is 2. The molecule has 216 valence electrons. The summed E-state index contributed by atoms with van der Waals surface area (Å²) in [5.41, 5.74) is 1.76. The van der Waals surface area contributed by atoms with E-state index in [1.165, 1.54) is 26.4 Å². The molecule has 0 fully saturated rings. The van der Waals surface area contributed by atoms with Crippen molar-refractivity contribution in [1.29, 1.82) is 0 Å². The lowest BCUT2D eigenvalue weighted by Gasteiger charge is -2.15. The largest absolute Gasteiger partial charge is 0.493 e. The molecule has 1 aromatic heterocycles. The number of benzene rings is 4. The first kappa shape index (κ1) is 28.8. The maximum Gasteiger partial charge on any atom is 0.416 e. The third-order valence-corrected chi connectivity index (χ3v) is 6.32. The Kier molecular flexibility index (Phi) is 8.03. The number of halogens is 3. The highest BCUT2D eigenvalue weighted by molar-refractivity contribution is 6.04. The molecular weight excluding hydrogens is 559 g/mol. The monoisotopic (exact) mass is 583 g/mol. The highest BCUT2D eigenvalue weighted by Crippen LogP contribution is 2.36. The van der Waals surface area contributed by atoms with Gasteiger partial charge in [0, 0.05) is 39.6 Å². The number of hydrogen-bond donors (Lipinski definition) is 3. The quantitative estimate of drug-likeness (QED) is 0.164. The molecule has 5 aromatic rings. The number of amides is 1. The maximum absolute atomic E-state index is 13.1. The van der Waals surface area contributed by atoms with Crippen LogP contribution in [0, 0.1) is 12.3 Å². The van der Waals surface area contributed by atoms with Crippen molar-refractivity contribution in [2.24, 2.45) is 0 Å². The van der Waals surface area contributed by atoms with Crippen molar-refractivity contribution in [3.63, 3.8) is 0 Å². The van der Waals surface area contributed by atoms with Gasteiger partial charge in [-0.3, -0.25) is 4.79 Å². The Morgan fingerprint density at radius 3 is 2.21 bits per heavy atom. The van der Waals surface area contributed by atoms with E-state index in [4.69, 9.17) is 15.9 Å². The molecule has 0 radical (unpaired) electrons. The lowest BCUT2D eigenvalue weighted by molar-refractivity contribution is -0.137. The van der Waals surface area contributed by atoms with Crippen molar-refractivity contribution >= 4 is 45.6 Å². The first-order valence-corrected chi connectivity index (χ1v) is 12.8. The highest BCUT2D eigenvalue weighted by Gasteiger charge is 2.31. The molecule has 0 spiro atoms. The number of alkyl halides is 3. The molecule has 0 atom stereocenters. The van der Waals surface area contributed by atoms with E-state index in [0.29, 0.717) is 50.8 Å². The van der Waals surface area contributed by atoms with Crippen LogP contribution in [0.1, 0.15) is 21.5 Å². The Bertz CT molecular complexity index is 1870. The zero-order chi connectivity index (χ0) is 30.6. The second-order valence-corrected chi connectivity index (χ2v) is 9.21. The SMILES string of the molecule is C#Cc1cccc(Nc2nc(Nc3cccc(NC(=O)c4cccc(C(F)(F)F)c4)c3)nc3cc(OC)c(OC)cc23)c1. The highest BCUT2D eigenvalue weighted by atomic mass is 19.4. The number of ether oxygens (including phenoxy) is 2. The van der Waals surface area contributed by atoms with E-state index in [0.717, 1.165) is 12.1 Å². The Morgan fingerprint density at radius 2 is 1.49 bits per heavy atom. The molecule has 3 N–H and O–H groups in total. The minimum Gasteiger partial charge on any atom is -0.493 e. The van der Waals surface area contributed by atoms with Crippen molar-refractivity contribution in [1.82, 2.24) is 9.97 Å².